The molecule has 0 spiro atoms. The molecule has 0 aromatic heterocycles. The Morgan fingerprint density at radius 1 is 1.05 bits per heavy atom. The van der Waals surface area contributed by atoms with Crippen LogP contribution in [0, 0.1) is 5.82 Å². The average molecular weight is 327 g/mol. The summed E-state index contributed by atoms with van der Waals surface area (Å²) in [5.41, 5.74) is 1.73. The second kappa shape index (κ2) is 6.12. The molecule has 1 heterocycles. The predicted molar refractivity (Wildman–Crippen MR) is 81.1 cm³/mol. The molecule has 0 radical (unpaired) electrons. The van der Waals surface area contributed by atoms with Gasteiger partial charge in [-0.25, -0.2) is 4.39 Å². The number of rotatable bonds is 3. The normalized spacial score (nSPS) is 14.8. The van der Waals surface area contributed by atoms with Crippen LogP contribution in [-0.4, -0.2) is 13.2 Å². The molecule has 0 fully saturated rings. The molecule has 21 heavy (non-hydrogen) atoms. The largest absolute Gasteiger partial charge is 0.486 e. The Bertz CT molecular complexity index is 643. The van der Waals surface area contributed by atoms with Crippen molar-refractivity contribution in [3.63, 3.8) is 0 Å². The van der Waals surface area contributed by atoms with Crippen LogP contribution in [0.2, 0.25) is 5.02 Å². The van der Waals surface area contributed by atoms with E-state index in [1.807, 2.05) is 6.07 Å². The third kappa shape index (κ3) is 3.25. The first kappa shape index (κ1) is 14.5. The molecule has 2 aromatic rings. The summed E-state index contributed by atoms with van der Waals surface area (Å²) >= 11 is 12.7. The van der Waals surface area contributed by atoms with Gasteiger partial charge in [-0.1, -0.05) is 23.7 Å². The lowest BCUT2D eigenvalue weighted by Crippen LogP contribution is -2.15. The van der Waals surface area contributed by atoms with Gasteiger partial charge >= 0.3 is 0 Å². The fourth-order valence-corrected chi connectivity index (χ4v) is 2.96. The maximum Gasteiger partial charge on any atom is 0.162 e. The van der Waals surface area contributed by atoms with Crippen molar-refractivity contribution < 1.29 is 13.9 Å². The van der Waals surface area contributed by atoms with Crippen LogP contribution in [0.25, 0.3) is 0 Å². The molecule has 3 rings (SSSR count). The van der Waals surface area contributed by atoms with Crippen LogP contribution < -0.4 is 9.47 Å². The quantitative estimate of drug-likeness (QED) is 0.756. The van der Waals surface area contributed by atoms with Crippen molar-refractivity contribution >= 4 is 23.2 Å². The molecule has 2 nitrogen and oxygen atoms in total. The molecule has 2 aromatic carbocycles. The minimum Gasteiger partial charge on any atom is -0.486 e. The van der Waals surface area contributed by atoms with Gasteiger partial charge in [0.25, 0.3) is 0 Å². The van der Waals surface area contributed by atoms with E-state index in [1.54, 1.807) is 18.2 Å². The maximum atomic E-state index is 12.9. The Balaban J connectivity index is 1.83. The van der Waals surface area contributed by atoms with Gasteiger partial charge in [-0.3, -0.25) is 0 Å². The zero-order valence-corrected chi connectivity index (χ0v) is 12.6. The Morgan fingerprint density at radius 2 is 1.67 bits per heavy atom. The molecule has 0 saturated heterocycles. The van der Waals surface area contributed by atoms with E-state index < -0.39 is 0 Å². The lowest BCUT2D eigenvalue weighted by molar-refractivity contribution is 0.171. The highest BCUT2D eigenvalue weighted by molar-refractivity contribution is 6.33. The third-order valence-corrected chi connectivity index (χ3v) is 4.04. The molecule has 1 aliphatic heterocycles. The molecule has 0 N–H and O–H groups in total. The van der Waals surface area contributed by atoms with E-state index in [2.05, 4.69) is 0 Å². The number of alkyl halides is 1. The van der Waals surface area contributed by atoms with Gasteiger partial charge in [-0.2, -0.15) is 0 Å². The molecule has 0 aliphatic carbocycles. The molecule has 1 aliphatic rings. The minimum atomic E-state index is -0.321. The lowest BCUT2D eigenvalue weighted by atomic mass is 10.0. The zero-order chi connectivity index (χ0) is 14.8. The summed E-state index contributed by atoms with van der Waals surface area (Å²) in [6.45, 7) is 1.03. The van der Waals surface area contributed by atoms with Gasteiger partial charge in [0.2, 0.25) is 0 Å². The first-order chi connectivity index (χ1) is 10.1. The summed E-state index contributed by atoms with van der Waals surface area (Å²) < 4.78 is 23.9. The van der Waals surface area contributed by atoms with Crippen molar-refractivity contribution in [3.8, 4) is 11.5 Å². The molecular formula is C16H13Cl2FO2. The molecule has 1 unspecified atom stereocenters. The van der Waals surface area contributed by atoms with Crippen LogP contribution >= 0.6 is 23.2 Å². The molecule has 110 valence electrons. The fraction of sp³-hybridized carbons (Fsp3) is 0.250. The van der Waals surface area contributed by atoms with Crippen molar-refractivity contribution in [2.75, 3.05) is 13.2 Å². The van der Waals surface area contributed by atoms with E-state index in [9.17, 15) is 4.39 Å². The number of fused-ring (bicyclic) bond motifs is 1. The molecule has 0 bridgehead atoms. The van der Waals surface area contributed by atoms with E-state index in [-0.39, 0.29) is 11.2 Å². The topological polar surface area (TPSA) is 18.5 Å². The first-order valence-electron chi connectivity index (χ1n) is 6.61. The van der Waals surface area contributed by atoms with Crippen molar-refractivity contribution in [1.82, 2.24) is 0 Å². The highest BCUT2D eigenvalue weighted by atomic mass is 35.5. The van der Waals surface area contributed by atoms with Crippen LogP contribution in [0.3, 0.4) is 0 Å². The van der Waals surface area contributed by atoms with Gasteiger partial charge in [-0.15, -0.1) is 11.6 Å². The Hall–Kier alpha value is -1.45. The maximum absolute atomic E-state index is 12.9. The van der Waals surface area contributed by atoms with Gasteiger partial charge in [-0.05, 0) is 35.7 Å². The van der Waals surface area contributed by atoms with Crippen LogP contribution in [0.5, 0.6) is 11.5 Å². The summed E-state index contributed by atoms with van der Waals surface area (Å²) in [6.07, 6.45) is 0.557. The molecule has 0 amide bonds. The summed E-state index contributed by atoms with van der Waals surface area (Å²) in [5, 5.41) is 0.222. The SMILES string of the molecule is Fc1ccc(CC(Cl)c2cc3c(cc2Cl)OCCO3)cc1. The summed E-state index contributed by atoms with van der Waals surface area (Å²) in [6, 6.07) is 9.82. The van der Waals surface area contributed by atoms with Gasteiger partial charge < -0.3 is 9.47 Å². The molecule has 0 saturated carbocycles. The number of benzene rings is 2. The highest BCUT2D eigenvalue weighted by Crippen LogP contribution is 2.40. The Morgan fingerprint density at radius 3 is 2.33 bits per heavy atom. The average Bonchev–Trinajstić information content (AvgIpc) is 2.49. The van der Waals surface area contributed by atoms with Gasteiger partial charge in [0.15, 0.2) is 11.5 Å². The zero-order valence-electron chi connectivity index (χ0n) is 11.1. The molecule has 5 heteroatoms. The van der Waals surface area contributed by atoms with Gasteiger partial charge in [0.05, 0.1) is 5.38 Å². The Labute approximate surface area is 132 Å². The van der Waals surface area contributed by atoms with Crippen molar-refractivity contribution in [2.24, 2.45) is 0 Å². The van der Waals surface area contributed by atoms with E-state index in [1.165, 1.54) is 12.1 Å². The van der Waals surface area contributed by atoms with Crippen LogP contribution in [0.4, 0.5) is 4.39 Å². The van der Waals surface area contributed by atoms with E-state index in [0.717, 1.165) is 11.1 Å². The summed E-state index contributed by atoms with van der Waals surface area (Å²) in [7, 11) is 0. The van der Waals surface area contributed by atoms with Gasteiger partial charge in [0, 0.05) is 11.1 Å². The van der Waals surface area contributed by atoms with Crippen LogP contribution in [0.1, 0.15) is 16.5 Å². The summed E-state index contributed by atoms with van der Waals surface area (Å²) in [4.78, 5) is 0. The highest BCUT2D eigenvalue weighted by Gasteiger charge is 2.19. The molecular weight excluding hydrogens is 314 g/mol. The third-order valence-electron chi connectivity index (χ3n) is 3.33. The van der Waals surface area contributed by atoms with E-state index in [4.69, 9.17) is 32.7 Å². The van der Waals surface area contributed by atoms with E-state index >= 15 is 0 Å². The number of halogens is 3. The van der Waals surface area contributed by atoms with Crippen molar-refractivity contribution in [2.45, 2.75) is 11.8 Å². The minimum absolute atomic E-state index is 0.262. The predicted octanol–water partition coefficient (Wildman–Crippen LogP) is 4.77. The molecule has 1 atom stereocenters. The standard InChI is InChI=1S/C16H13Cl2FO2/c17-13(7-10-1-3-11(19)4-2-10)12-8-15-16(9-14(12)18)21-6-5-20-15/h1-4,8-9,13H,5-7H2. The summed E-state index contributed by atoms with van der Waals surface area (Å²) in [5.74, 6) is 1.04. The van der Waals surface area contributed by atoms with Crippen LogP contribution in [0.15, 0.2) is 36.4 Å². The number of hydrogen-bond donors (Lipinski definition) is 0. The van der Waals surface area contributed by atoms with Crippen molar-refractivity contribution in [1.29, 1.82) is 0 Å². The second-order valence-electron chi connectivity index (χ2n) is 4.82. The van der Waals surface area contributed by atoms with E-state index in [0.29, 0.717) is 36.2 Å². The fourth-order valence-electron chi connectivity index (χ4n) is 2.26. The van der Waals surface area contributed by atoms with Gasteiger partial charge in [0.1, 0.15) is 19.0 Å². The second-order valence-corrected chi connectivity index (χ2v) is 5.75. The van der Waals surface area contributed by atoms with Crippen LogP contribution in [-0.2, 0) is 6.42 Å². The number of hydrogen-bond acceptors (Lipinski definition) is 2. The first-order valence-corrected chi connectivity index (χ1v) is 7.42. The monoisotopic (exact) mass is 326 g/mol. The smallest absolute Gasteiger partial charge is 0.162 e. The number of ether oxygens (including phenoxy) is 2. The van der Waals surface area contributed by atoms with Crippen molar-refractivity contribution in [3.05, 3.63) is 58.4 Å². The lowest BCUT2D eigenvalue weighted by Gasteiger charge is -2.21. The Kier molecular flexibility index (Phi) is 4.22.